The number of hydrogen-bond acceptors (Lipinski definition) is 5. The summed E-state index contributed by atoms with van der Waals surface area (Å²) in [6, 6.07) is 10.4. The molecule has 4 atom stereocenters. The number of thiol groups is 2. The van der Waals surface area contributed by atoms with E-state index in [1.807, 2.05) is 0 Å². The van der Waals surface area contributed by atoms with Gasteiger partial charge in [0, 0.05) is 23.9 Å². The number of benzene rings is 2. The van der Waals surface area contributed by atoms with Gasteiger partial charge in [0.05, 0.1) is 0 Å². The maximum absolute atomic E-state index is 3.57. The lowest BCUT2D eigenvalue weighted by atomic mass is 9.95. The van der Waals surface area contributed by atoms with E-state index >= 15 is 0 Å². The summed E-state index contributed by atoms with van der Waals surface area (Å²) in [4.78, 5) is 0. The van der Waals surface area contributed by atoms with Crippen molar-refractivity contribution in [3.8, 4) is 0 Å². The Morgan fingerprint density at radius 1 is 0.618 bits per heavy atom. The van der Waals surface area contributed by atoms with Crippen molar-refractivity contribution < 1.29 is 0 Å². The molecule has 2 aromatic rings. The summed E-state index contributed by atoms with van der Waals surface area (Å²) in [5.74, 6) is 1.53. The van der Waals surface area contributed by atoms with E-state index in [4.69, 9.17) is 0 Å². The second-order valence-electron chi connectivity index (χ2n) is 9.03. The van der Waals surface area contributed by atoms with Gasteiger partial charge in [0.15, 0.2) is 0 Å². The van der Waals surface area contributed by atoms with Crippen LogP contribution in [0.15, 0.2) is 24.3 Å². The molecule has 2 aliphatic rings. The molecule has 0 aliphatic heterocycles. The van der Waals surface area contributed by atoms with Crippen LogP contribution >= 0.6 is 33.1 Å². The second kappa shape index (κ2) is 16.2. The summed E-state index contributed by atoms with van der Waals surface area (Å²) in [5, 5.41) is 6.72. The molecule has 0 radical (unpaired) electrons. The lowest BCUT2D eigenvalue weighted by molar-refractivity contribution is 0.779. The van der Waals surface area contributed by atoms with E-state index in [9.17, 15) is 0 Å². The summed E-state index contributed by atoms with van der Waals surface area (Å²) in [6.07, 6.45) is 2.61. The van der Waals surface area contributed by atoms with Crippen LogP contribution < -0.4 is 10.6 Å². The molecule has 2 unspecified atom stereocenters. The Labute approximate surface area is 226 Å². The predicted molar refractivity (Wildman–Crippen MR) is 167 cm³/mol. The highest BCUT2D eigenvalue weighted by atomic mass is 33.5. The first-order chi connectivity index (χ1) is 14.7. The van der Waals surface area contributed by atoms with Crippen molar-refractivity contribution >= 4 is 33.1 Å². The zero-order valence-corrected chi connectivity index (χ0v) is 22.9. The summed E-state index contributed by atoms with van der Waals surface area (Å²) in [6.45, 7) is 13.4. The fraction of sp³-hybridized carbons (Fsp3) is 0.586. The molecule has 2 aliphatic carbocycles. The lowest BCUT2D eigenvalue weighted by Gasteiger charge is -2.12. The number of hydrogen-bond donors (Lipinski definition) is 4. The highest BCUT2D eigenvalue weighted by Crippen LogP contribution is 2.44. The van der Waals surface area contributed by atoms with Crippen LogP contribution in [-0.4, -0.2) is 26.2 Å². The Balaban J connectivity index is 0. The van der Waals surface area contributed by atoms with Gasteiger partial charge in [-0.3, -0.25) is 0 Å². The van der Waals surface area contributed by atoms with Crippen molar-refractivity contribution in [2.24, 2.45) is 0 Å². The Kier molecular flexibility index (Phi) is 17.0. The Morgan fingerprint density at radius 2 is 0.882 bits per heavy atom. The third-order valence-corrected chi connectivity index (χ3v) is 7.07. The second-order valence-corrected chi connectivity index (χ2v) is 11.2. The minimum absolute atomic E-state index is 0. The topological polar surface area (TPSA) is 24.1 Å². The van der Waals surface area contributed by atoms with Gasteiger partial charge in [0.2, 0.25) is 0 Å². The summed E-state index contributed by atoms with van der Waals surface area (Å²) >= 11 is 7.14. The number of likely N-dealkylation sites (N-methyl/N-ethyl adjacent to an activating group) is 2. The highest BCUT2D eigenvalue weighted by Gasteiger charge is 2.39. The molecule has 34 heavy (non-hydrogen) atoms. The SMILES string of the molecule is C.C.C.CNC1CC1c1c(C)ccc(C)c1C.CN[C@@H]1C[C@@H]1c1c(C)ccc(C)c1C.SSS. The quantitative estimate of drug-likeness (QED) is 0.238. The van der Waals surface area contributed by atoms with E-state index in [1.165, 1.54) is 46.2 Å². The Hall–Kier alpha value is -0.590. The van der Waals surface area contributed by atoms with E-state index in [-0.39, 0.29) is 22.3 Å². The average Bonchev–Trinajstić information content (AvgIpc) is 3.65. The molecule has 4 rings (SSSR count). The zero-order chi connectivity index (χ0) is 23.3. The molecule has 2 nitrogen and oxygen atoms in total. The van der Waals surface area contributed by atoms with Crippen molar-refractivity contribution in [2.75, 3.05) is 14.1 Å². The van der Waals surface area contributed by atoms with Gasteiger partial charge < -0.3 is 10.6 Å². The lowest BCUT2D eigenvalue weighted by Crippen LogP contribution is -2.11. The highest BCUT2D eigenvalue weighted by molar-refractivity contribution is 9.01. The van der Waals surface area contributed by atoms with E-state index < -0.39 is 0 Å². The van der Waals surface area contributed by atoms with Crippen LogP contribution in [0.2, 0.25) is 0 Å². The molecule has 2 fully saturated rings. The zero-order valence-electron chi connectivity index (χ0n) is 20.3. The summed E-state index contributed by atoms with van der Waals surface area (Å²) in [5.41, 5.74) is 11.9. The third kappa shape index (κ3) is 8.81. The standard InChI is InChI=1S/2C13H19N.3CH4.H2S3/c2*1-8-5-6-9(2)13(10(8)3)11-7-12(11)14-4;;;;1-3-2/h2*5-6,11-12,14H,7H2,1-4H3;3*1H4;1-2H/t11-,12+;;;;;/m0...../s1. The molecule has 2 aromatic carbocycles. The van der Waals surface area contributed by atoms with Crippen molar-refractivity contribution in [3.05, 3.63) is 68.8 Å². The Morgan fingerprint density at radius 3 is 1.12 bits per heavy atom. The van der Waals surface area contributed by atoms with Gasteiger partial charge >= 0.3 is 0 Å². The smallest absolute Gasteiger partial charge is 0.0140 e. The first kappa shape index (κ1) is 35.6. The van der Waals surface area contributed by atoms with Crippen molar-refractivity contribution in [1.82, 2.24) is 10.6 Å². The molecule has 2 N–H and O–H groups in total. The average molecular weight is 525 g/mol. The molecule has 5 heteroatoms. The van der Waals surface area contributed by atoms with Crippen LogP contribution in [0.3, 0.4) is 0 Å². The van der Waals surface area contributed by atoms with Crippen molar-refractivity contribution in [3.63, 3.8) is 0 Å². The molecule has 0 heterocycles. The van der Waals surface area contributed by atoms with E-state index in [0.29, 0.717) is 12.1 Å². The van der Waals surface area contributed by atoms with Crippen LogP contribution in [0.1, 0.15) is 91.5 Å². The molecule has 0 amide bonds. The van der Waals surface area contributed by atoms with Crippen LogP contribution in [0.4, 0.5) is 0 Å². The molecule has 0 saturated heterocycles. The van der Waals surface area contributed by atoms with Crippen molar-refractivity contribution in [1.29, 1.82) is 0 Å². The normalized spacial score (nSPS) is 21.2. The fourth-order valence-corrected chi connectivity index (χ4v) is 4.75. The van der Waals surface area contributed by atoms with Crippen LogP contribution in [-0.2, 0) is 0 Å². The number of aryl methyl sites for hydroxylation is 4. The maximum Gasteiger partial charge on any atom is 0.0140 e. The largest absolute Gasteiger partial charge is 0.316 e. The van der Waals surface area contributed by atoms with Gasteiger partial charge in [-0.2, -0.15) is 0 Å². The molecular formula is C29H52N2S3. The molecule has 2 saturated carbocycles. The predicted octanol–water partition coefficient (Wildman–Crippen LogP) is 8.69. The number of rotatable bonds is 4. The minimum atomic E-state index is 0. The molecule has 0 spiro atoms. The van der Waals surface area contributed by atoms with Gasteiger partial charge in [-0.25, -0.2) is 0 Å². The minimum Gasteiger partial charge on any atom is -0.316 e. The van der Waals surface area contributed by atoms with Crippen LogP contribution in [0.5, 0.6) is 0 Å². The van der Waals surface area contributed by atoms with Crippen LogP contribution in [0, 0.1) is 41.5 Å². The van der Waals surface area contributed by atoms with E-state index in [1.54, 1.807) is 11.1 Å². The van der Waals surface area contributed by atoms with Gasteiger partial charge in [-0.15, -0.1) is 0 Å². The molecule has 0 aromatic heterocycles. The summed E-state index contributed by atoms with van der Waals surface area (Å²) < 4.78 is 0. The maximum atomic E-state index is 3.57. The number of nitrogens with one attached hydrogen (secondary N) is 2. The van der Waals surface area contributed by atoms with Gasteiger partial charge in [0.25, 0.3) is 0 Å². The van der Waals surface area contributed by atoms with Gasteiger partial charge in [-0.1, -0.05) is 69.9 Å². The summed E-state index contributed by atoms with van der Waals surface area (Å²) in [7, 11) is 5.26. The van der Waals surface area contributed by atoms with Gasteiger partial charge in [-0.05, 0) is 123 Å². The molecule has 196 valence electrons. The monoisotopic (exact) mass is 524 g/mol. The van der Waals surface area contributed by atoms with Crippen molar-refractivity contribution in [2.45, 2.75) is 101 Å². The fourth-order valence-electron chi connectivity index (χ4n) is 4.75. The molecular weight excluding hydrogens is 473 g/mol. The third-order valence-electron chi connectivity index (χ3n) is 7.07. The first-order valence-electron chi connectivity index (χ1n) is 11.1. The van der Waals surface area contributed by atoms with Crippen LogP contribution in [0.25, 0.3) is 0 Å². The first-order valence-corrected chi connectivity index (χ1v) is 14.1. The van der Waals surface area contributed by atoms with E-state index in [0.717, 1.165) is 21.7 Å². The van der Waals surface area contributed by atoms with Gasteiger partial charge in [0.1, 0.15) is 0 Å². The molecule has 0 bridgehead atoms. The van der Waals surface area contributed by atoms with E-state index in [2.05, 4.69) is 114 Å². The Bertz CT molecular complexity index is 811.